The van der Waals surface area contributed by atoms with Crippen LogP contribution in [-0.2, 0) is 4.79 Å². The molecule has 1 amide bonds. The molecule has 3 rings (SSSR count). The fourth-order valence-electron chi connectivity index (χ4n) is 4.18. The lowest BCUT2D eigenvalue weighted by Crippen LogP contribution is -2.38. The second kappa shape index (κ2) is 9.55. The Bertz CT molecular complexity index is 875. The summed E-state index contributed by atoms with van der Waals surface area (Å²) in [6.07, 6.45) is 2.02. The second-order valence-corrected chi connectivity index (χ2v) is 8.98. The van der Waals surface area contributed by atoms with Gasteiger partial charge in [-0.05, 0) is 93.8 Å². The van der Waals surface area contributed by atoms with Gasteiger partial charge in [0, 0.05) is 18.8 Å². The molecule has 162 valence electrons. The van der Waals surface area contributed by atoms with Crippen LogP contribution in [0.4, 0.5) is 5.69 Å². The van der Waals surface area contributed by atoms with Gasteiger partial charge in [-0.2, -0.15) is 0 Å². The quantitative estimate of drug-likeness (QED) is 0.687. The van der Waals surface area contributed by atoms with E-state index in [4.69, 9.17) is 4.74 Å². The Labute approximate surface area is 181 Å². The first-order valence-electron chi connectivity index (χ1n) is 11.1. The van der Waals surface area contributed by atoms with E-state index in [9.17, 15) is 4.79 Å². The topological polar surface area (TPSA) is 41.6 Å². The highest BCUT2D eigenvalue weighted by molar-refractivity contribution is 5.81. The van der Waals surface area contributed by atoms with E-state index in [1.807, 2.05) is 26.8 Å². The van der Waals surface area contributed by atoms with Gasteiger partial charge >= 0.3 is 0 Å². The fourth-order valence-corrected chi connectivity index (χ4v) is 4.18. The third kappa shape index (κ3) is 5.35. The van der Waals surface area contributed by atoms with Gasteiger partial charge in [0.2, 0.25) is 0 Å². The van der Waals surface area contributed by atoms with E-state index in [0.717, 1.165) is 41.4 Å². The lowest BCUT2D eigenvalue weighted by atomic mass is 9.99. The third-order valence-corrected chi connectivity index (χ3v) is 6.21. The van der Waals surface area contributed by atoms with Crippen LogP contribution in [-0.4, -0.2) is 25.1 Å². The molecule has 0 spiro atoms. The van der Waals surface area contributed by atoms with E-state index in [-0.39, 0.29) is 11.9 Å². The number of nitrogens with one attached hydrogen (secondary N) is 1. The number of piperidine rings is 1. The predicted molar refractivity (Wildman–Crippen MR) is 124 cm³/mol. The molecule has 3 atom stereocenters. The Morgan fingerprint density at radius 1 is 1.13 bits per heavy atom. The molecule has 4 heteroatoms. The molecule has 1 saturated heterocycles. The van der Waals surface area contributed by atoms with Crippen molar-refractivity contribution in [3.05, 3.63) is 58.7 Å². The molecule has 4 nitrogen and oxygen atoms in total. The van der Waals surface area contributed by atoms with Crippen molar-refractivity contribution in [2.45, 2.75) is 66.5 Å². The first-order valence-corrected chi connectivity index (χ1v) is 11.1. The van der Waals surface area contributed by atoms with Crippen molar-refractivity contribution < 1.29 is 9.53 Å². The molecule has 0 unspecified atom stereocenters. The monoisotopic (exact) mass is 408 g/mol. The molecule has 2 aromatic carbocycles. The fraction of sp³-hybridized carbons (Fsp3) is 0.500. The summed E-state index contributed by atoms with van der Waals surface area (Å²) < 4.78 is 6.00. The smallest absolute Gasteiger partial charge is 0.261 e. The van der Waals surface area contributed by atoms with Crippen molar-refractivity contribution in [1.29, 1.82) is 0 Å². The minimum absolute atomic E-state index is 0.0711. The van der Waals surface area contributed by atoms with Gasteiger partial charge in [-0.3, -0.25) is 4.79 Å². The van der Waals surface area contributed by atoms with Gasteiger partial charge in [-0.15, -0.1) is 0 Å². The van der Waals surface area contributed by atoms with Crippen LogP contribution in [0.15, 0.2) is 36.4 Å². The standard InChI is InChI=1S/C26H36N2O2/c1-17-8-7-13-28(16-17)24-11-9-23(10-12-24)21(5)27-26(29)22(6)30-25-15-18(2)14-19(3)20(25)4/h9-12,14-15,17,21-22H,7-8,13,16H2,1-6H3,(H,27,29)/t17-,21-,22-/m1/s1. The van der Waals surface area contributed by atoms with Gasteiger partial charge in [0.25, 0.3) is 5.91 Å². The number of carbonyl (C=O) groups excluding carboxylic acids is 1. The first-order chi connectivity index (χ1) is 14.2. The number of aryl methyl sites for hydroxylation is 2. The number of anilines is 1. The molecule has 1 aliphatic heterocycles. The summed E-state index contributed by atoms with van der Waals surface area (Å²) in [4.78, 5) is 15.2. The highest BCUT2D eigenvalue weighted by Crippen LogP contribution is 2.26. The van der Waals surface area contributed by atoms with Gasteiger partial charge < -0.3 is 15.0 Å². The van der Waals surface area contributed by atoms with E-state index in [0.29, 0.717) is 0 Å². The second-order valence-electron chi connectivity index (χ2n) is 8.98. The summed E-state index contributed by atoms with van der Waals surface area (Å²) in [6.45, 7) is 14.5. The SMILES string of the molecule is Cc1cc(C)c(C)c(O[C@H](C)C(=O)N[C@H](C)c2ccc(N3CCC[C@@H](C)C3)cc2)c1. The molecule has 0 radical (unpaired) electrons. The van der Waals surface area contributed by atoms with Crippen molar-refractivity contribution in [3.63, 3.8) is 0 Å². The van der Waals surface area contributed by atoms with Crippen molar-refractivity contribution >= 4 is 11.6 Å². The number of nitrogens with zero attached hydrogens (tertiary/aromatic N) is 1. The summed E-state index contributed by atoms with van der Waals surface area (Å²) in [5.41, 5.74) is 5.76. The molecule has 0 saturated carbocycles. The third-order valence-electron chi connectivity index (χ3n) is 6.21. The number of benzene rings is 2. The Hall–Kier alpha value is -2.49. The highest BCUT2D eigenvalue weighted by atomic mass is 16.5. The Kier molecular flexibility index (Phi) is 7.06. The van der Waals surface area contributed by atoms with Crippen LogP contribution in [0.5, 0.6) is 5.75 Å². The van der Waals surface area contributed by atoms with Crippen molar-refractivity contribution in [3.8, 4) is 5.75 Å². The molecule has 30 heavy (non-hydrogen) atoms. The zero-order valence-electron chi connectivity index (χ0n) is 19.3. The number of rotatable bonds is 6. The van der Waals surface area contributed by atoms with Gasteiger partial charge in [0.05, 0.1) is 6.04 Å². The van der Waals surface area contributed by atoms with Gasteiger partial charge in [0.15, 0.2) is 6.10 Å². The molecular formula is C26H36N2O2. The molecule has 0 bridgehead atoms. The Morgan fingerprint density at radius 2 is 1.83 bits per heavy atom. The summed E-state index contributed by atoms with van der Waals surface area (Å²) in [5, 5.41) is 3.09. The molecule has 2 aromatic rings. The highest BCUT2D eigenvalue weighted by Gasteiger charge is 2.20. The molecule has 0 aliphatic carbocycles. The molecule has 1 N–H and O–H groups in total. The van der Waals surface area contributed by atoms with Crippen LogP contribution in [0, 0.1) is 26.7 Å². The van der Waals surface area contributed by atoms with E-state index < -0.39 is 6.10 Å². The number of amides is 1. The maximum absolute atomic E-state index is 12.7. The van der Waals surface area contributed by atoms with Crippen LogP contribution in [0.3, 0.4) is 0 Å². The Morgan fingerprint density at radius 3 is 2.50 bits per heavy atom. The zero-order valence-corrected chi connectivity index (χ0v) is 19.3. The first kappa shape index (κ1) is 22.2. The molecule has 1 heterocycles. The summed E-state index contributed by atoms with van der Waals surface area (Å²) >= 11 is 0. The normalized spacial score (nSPS) is 18.6. The largest absolute Gasteiger partial charge is 0.481 e. The molecule has 0 aromatic heterocycles. The molecule has 1 fully saturated rings. The van der Waals surface area contributed by atoms with E-state index in [2.05, 4.69) is 54.4 Å². The van der Waals surface area contributed by atoms with Crippen LogP contribution < -0.4 is 15.0 Å². The van der Waals surface area contributed by atoms with E-state index in [1.165, 1.54) is 24.1 Å². The van der Waals surface area contributed by atoms with Crippen molar-refractivity contribution in [2.75, 3.05) is 18.0 Å². The lowest BCUT2D eigenvalue weighted by molar-refractivity contribution is -0.127. The minimum atomic E-state index is -0.554. The van der Waals surface area contributed by atoms with Crippen LogP contribution in [0.1, 0.15) is 61.9 Å². The van der Waals surface area contributed by atoms with Crippen molar-refractivity contribution in [2.24, 2.45) is 5.92 Å². The van der Waals surface area contributed by atoms with Gasteiger partial charge in [0.1, 0.15) is 5.75 Å². The molecular weight excluding hydrogens is 372 g/mol. The molecule has 1 aliphatic rings. The summed E-state index contributed by atoms with van der Waals surface area (Å²) in [7, 11) is 0. The number of hydrogen-bond donors (Lipinski definition) is 1. The van der Waals surface area contributed by atoms with Gasteiger partial charge in [-0.25, -0.2) is 0 Å². The van der Waals surface area contributed by atoms with Gasteiger partial charge in [-0.1, -0.05) is 25.1 Å². The summed E-state index contributed by atoms with van der Waals surface area (Å²) in [6, 6.07) is 12.7. The lowest BCUT2D eigenvalue weighted by Gasteiger charge is -2.33. The average molecular weight is 409 g/mol. The zero-order chi connectivity index (χ0) is 21.8. The van der Waals surface area contributed by atoms with Crippen LogP contribution in [0.2, 0.25) is 0 Å². The number of carbonyl (C=O) groups is 1. The van der Waals surface area contributed by atoms with E-state index >= 15 is 0 Å². The minimum Gasteiger partial charge on any atom is -0.481 e. The van der Waals surface area contributed by atoms with Crippen molar-refractivity contribution in [1.82, 2.24) is 5.32 Å². The van der Waals surface area contributed by atoms with Crippen LogP contribution >= 0.6 is 0 Å². The van der Waals surface area contributed by atoms with Crippen LogP contribution in [0.25, 0.3) is 0 Å². The number of ether oxygens (including phenoxy) is 1. The Balaban J connectivity index is 1.59. The van der Waals surface area contributed by atoms with E-state index in [1.54, 1.807) is 6.92 Å². The maximum Gasteiger partial charge on any atom is 0.261 e. The average Bonchev–Trinajstić information content (AvgIpc) is 2.71. The predicted octanol–water partition coefficient (Wildman–Crippen LogP) is 5.49. The summed E-state index contributed by atoms with van der Waals surface area (Å²) in [5.74, 6) is 1.43. The number of hydrogen-bond acceptors (Lipinski definition) is 3. The maximum atomic E-state index is 12.7.